The smallest absolute Gasteiger partial charge is 0.303 e. The lowest BCUT2D eigenvalue weighted by Crippen LogP contribution is -2.31. The highest BCUT2D eigenvalue weighted by atomic mass is 16.2. The number of rotatable bonds is 3. The van der Waals surface area contributed by atoms with E-state index in [9.17, 15) is 14.4 Å². The zero-order valence-electron chi connectivity index (χ0n) is 7.19. The minimum absolute atomic E-state index is 0.143. The van der Waals surface area contributed by atoms with E-state index in [1.165, 1.54) is 0 Å². The van der Waals surface area contributed by atoms with Crippen molar-refractivity contribution < 1.29 is 4.79 Å². The predicted molar refractivity (Wildman–Crippen MR) is 46.7 cm³/mol. The van der Waals surface area contributed by atoms with Gasteiger partial charge >= 0.3 is 5.69 Å². The van der Waals surface area contributed by atoms with Crippen molar-refractivity contribution in [3.05, 3.63) is 32.6 Å². The molecule has 0 aromatic carbocycles. The molecule has 0 fully saturated rings. The van der Waals surface area contributed by atoms with Gasteiger partial charge in [0.2, 0.25) is 0 Å². The van der Waals surface area contributed by atoms with Crippen molar-refractivity contribution in [1.82, 2.24) is 9.55 Å². The summed E-state index contributed by atoms with van der Waals surface area (Å²) in [5, 5.41) is 8.50. The lowest BCUT2D eigenvalue weighted by atomic mass is 10.3. The summed E-state index contributed by atoms with van der Waals surface area (Å²) in [4.78, 5) is 34.1. The van der Waals surface area contributed by atoms with Crippen LogP contribution in [0.3, 0.4) is 0 Å². The third kappa shape index (κ3) is 1.95. The van der Waals surface area contributed by atoms with Gasteiger partial charge in [-0.2, -0.15) is 5.26 Å². The molecule has 0 saturated carbocycles. The molecule has 6 nitrogen and oxygen atoms in total. The zero-order valence-corrected chi connectivity index (χ0v) is 7.19. The van der Waals surface area contributed by atoms with E-state index in [1.807, 2.05) is 4.98 Å². The third-order valence-corrected chi connectivity index (χ3v) is 1.62. The summed E-state index contributed by atoms with van der Waals surface area (Å²) >= 11 is 0. The van der Waals surface area contributed by atoms with Crippen LogP contribution in [0.25, 0.3) is 0 Å². The summed E-state index contributed by atoms with van der Waals surface area (Å²) in [6.07, 6.45) is 1.96. The minimum Gasteiger partial charge on any atom is -0.303 e. The van der Waals surface area contributed by atoms with Crippen LogP contribution in [-0.4, -0.2) is 15.8 Å². The first-order valence-electron chi connectivity index (χ1n) is 3.86. The van der Waals surface area contributed by atoms with Gasteiger partial charge in [0.15, 0.2) is 0 Å². The Balaban J connectivity index is 3.19. The molecule has 1 aromatic rings. The summed E-state index contributed by atoms with van der Waals surface area (Å²) in [5.41, 5.74) is -1.47. The number of hydrogen-bond acceptors (Lipinski definition) is 4. The molecule has 0 unspecified atom stereocenters. The summed E-state index contributed by atoms with van der Waals surface area (Å²) in [6, 6.07) is 1.65. The standard InChI is InChI=1S/C8H7N3O3/c9-4-6-5-11(2-1-3-12)8(14)10-7(6)13/h3,5H,1-2H2,(H,10,13,14). The summed E-state index contributed by atoms with van der Waals surface area (Å²) < 4.78 is 1.12. The highest BCUT2D eigenvalue weighted by molar-refractivity contribution is 5.48. The maximum atomic E-state index is 11.1. The molecule has 1 N–H and O–H groups in total. The lowest BCUT2D eigenvalue weighted by Gasteiger charge is -2.00. The number of carbonyl (C=O) groups excluding carboxylic acids is 1. The topological polar surface area (TPSA) is 95.7 Å². The van der Waals surface area contributed by atoms with Gasteiger partial charge < -0.3 is 4.79 Å². The molecule has 14 heavy (non-hydrogen) atoms. The van der Waals surface area contributed by atoms with E-state index < -0.39 is 11.2 Å². The SMILES string of the molecule is N#Cc1cn(CCC=O)c(=O)[nH]c1=O. The second kappa shape index (κ2) is 4.18. The van der Waals surface area contributed by atoms with Crippen LogP contribution in [-0.2, 0) is 11.3 Å². The van der Waals surface area contributed by atoms with Crippen LogP contribution >= 0.6 is 0 Å². The van der Waals surface area contributed by atoms with Crippen molar-refractivity contribution in [1.29, 1.82) is 5.26 Å². The van der Waals surface area contributed by atoms with E-state index in [0.717, 1.165) is 10.8 Å². The summed E-state index contributed by atoms with van der Waals surface area (Å²) in [7, 11) is 0. The van der Waals surface area contributed by atoms with Crippen molar-refractivity contribution in [2.24, 2.45) is 0 Å². The Morgan fingerprint density at radius 1 is 1.57 bits per heavy atom. The predicted octanol–water partition coefficient (Wildman–Crippen LogP) is -1.00. The fourth-order valence-corrected chi connectivity index (χ4v) is 0.947. The van der Waals surface area contributed by atoms with E-state index in [1.54, 1.807) is 6.07 Å². The van der Waals surface area contributed by atoms with Gasteiger partial charge in [0, 0.05) is 19.2 Å². The number of aldehydes is 1. The first-order valence-corrected chi connectivity index (χ1v) is 3.86. The van der Waals surface area contributed by atoms with Crippen LogP contribution in [0.4, 0.5) is 0 Å². The van der Waals surface area contributed by atoms with Crippen LogP contribution in [0.15, 0.2) is 15.8 Å². The van der Waals surface area contributed by atoms with Gasteiger partial charge in [-0.15, -0.1) is 0 Å². The zero-order chi connectivity index (χ0) is 10.6. The van der Waals surface area contributed by atoms with Crippen LogP contribution in [0.1, 0.15) is 12.0 Å². The van der Waals surface area contributed by atoms with Gasteiger partial charge in [-0.05, 0) is 0 Å². The average molecular weight is 193 g/mol. The molecular weight excluding hydrogens is 186 g/mol. The number of nitriles is 1. The van der Waals surface area contributed by atoms with Crippen molar-refractivity contribution in [3.63, 3.8) is 0 Å². The van der Waals surface area contributed by atoms with Crippen molar-refractivity contribution >= 4 is 6.29 Å². The molecule has 72 valence electrons. The molecule has 0 radical (unpaired) electrons. The molecule has 1 heterocycles. The Kier molecular flexibility index (Phi) is 2.97. The molecule has 0 saturated heterocycles. The van der Waals surface area contributed by atoms with E-state index in [0.29, 0.717) is 6.29 Å². The Morgan fingerprint density at radius 3 is 2.86 bits per heavy atom. The molecule has 6 heteroatoms. The third-order valence-electron chi connectivity index (χ3n) is 1.62. The Labute approximate surface area is 78.4 Å². The van der Waals surface area contributed by atoms with E-state index in [4.69, 9.17) is 5.26 Å². The van der Waals surface area contributed by atoms with Crippen molar-refractivity contribution in [2.75, 3.05) is 0 Å². The van der Waals surface area contributed by atoms with E-state index in [-0.39, 0.29) is 18.5 Å². The maximum Gasteiger partial charge on any atom is 0.328 e. The molecule has 0 bridgehead atoms. The number of aryl methyl sites for hydroxylation is 1. The highest BCUT2D eigenvalue weighted by Gasteiger charge is 2.02. The van der Waals surface area contributed by atoms with Gasteiger partial charge in [-0.25, -0.2) is 4.79 Å². The van der Waals surface area contributed by atoms with Gasteiger partial charge in [0.1, 0.15) is 17.9 Å². The number of carbonyl (C=O) groups is 1. The molecule has 0 amide bonds. The Bertz CT molecular complexity index is 492. The largest absolute Gasteiger partial charge is 0.328 e. The normalized spacial score (nSPS) is 9.36. The van der Waals surface area contributed by atoms with Crippen LogP contribution < -0.4 is 11.2 Å². The van der Waals surface area contributed by atoms with Crippen LogP contribution in [0.2, 0.25) is 0 Å². The molecule has 0 spiro atoms. The number of H-pyrrole nitrogens is 1. The van der Waals surface area contributed by atoms with Crippen molar-refractivity contribution in [2.45, 2.75) is 13.0 Å². The molecule has 0 aliphatic carbocycles. The van der Waals surface area contributed by atoms with Gasteiger partial charge in [0.25, 0.3) is 5.56 Å². The number of hydrogen-bond donors (Lipinski definition) is 1. The first kappa shape index (κ1) is 9.92. The number of nitrogens with zero attached hydrogens (tertiary/aromatic N) is 2. The first-order chi connectivity index (χ1) is 6.69. The van der Waals surface area contributed by atoms with Crippen molar-refractivity contribution in [3.8, 4) is 6.07 Å². The lowest BCUT2D eigenvalue weighted by molar-refractivity contribution is -0.108. The Hall–Kier alpha value is -2.16. The fraction of sp³-hybridized carbons (Fsp3) is 0.250. The maximum absolute atomic E-state index is 11.1. The molecule has 0 aliphatic rings. The van der Waals surface area contributed by atoms with Crippen LogP contribution in [0.5, 0.6) is 0 Å². The number of aromatic amines is 1. The molecule has 0 aliphatic heterocycles. The second-order valence-corrected chi connectivity index (χ2v) is 2.56. The van der Waals surface area contributed by atoms with Gasteiger partial charge in [-0.3, -0.25) is 14.3 Å². The summed E-state index contributed by atoms with van der Waals surface area (Å²) in [5.74, 6) is 0. The number of nitrogens with one attached hydrogen (secondary N) is 1. The minimum atomic E-state index is -0.708. The van der Waals surface area contributed by atoms with Gasteiger partial charge in [-0.1, -0.05) is 0 Å². The molecule has 1 rings (SSSR count). The fourth-order valence-electron chi connectivity index (χ4n) is 0.947. The molecule has 1 aromatic heterocycles. The van der Waals surface area contributed by atoms with Gasteiger partial charge in [0.05, 0.1) is 0 Å². The average Bonchev–Trinajstić information content (AvgIpc) is 2.17. The Morgan fingerprint density at radius 2 is 2.29 bits per heavy atom. The van der Waals surface area contributed by atoms with Crippen LogP contribution in [0, 0.1) is 11.3 Å². The monoisotopic (exact) mass is 193 g/mol. The summed E-state index contributed by atoms with van der Waals surface area (Å²) in [6.45, 7) is 0.161. The molecule has 0 atom stereocenters. The second-order valence-electron chi connectivity index (χ2n) is 2.56. The van der Waals surface area contributed by atoms with E-state index >= 15 is 0 Å². The van der Waals surface area contributed by atoms with E-state index in [2.05, 4.69) is 0 Å². The quantitative estimate of drug-likeness (QED) is 0.622. The molecular formula is C8H7N3O3. The highest BCUT2D eigenvalue weighted by Crippen LogP contribution is 1.86. The number of aromatic nitrogens is 2.